The third-order valence-electron chi connectivity index (χ3n) is 3.86. The normalized spacial score (nSPS) is 17.7. The van der Waals surface area contributed by atoms with Gasteiger partial charge in [-0.1, -0.05) is 34.1 Å². The third kappa shape index (κ3) is 3.59. The maximum Gasteiger partial charge on any atom is 0.228 e. The Morgan fingerprint density at radius 1 is 1.40 bits per heavy atom. The van der Waals surface area contributed by atoms with Crippen LogP contribution in [0.2, 0.25) is 0 Å². The quantitative estimate of drug-likeness (QED) is 0.862. The van der Waals surface area contributed by atoms with Gasteiger partial charge in [0.25, 0.3) is 0 Å². The molecule has 0 spiro atoms. The van der Waals surface area contributed by atoms with Gasteiger partial charge in [0.15, 0.2) is 0 Å². The Morgan fingerprint density at radius 3 is 2.75 bits per heavy atom. The summed E-state index contributed by atoms with van der Waals surface area (Å²) in [6, 6.07) is 7.93. The lowest BCUT2D eigenvalue weighted by Crippen LogP contribution is -2.50. The van der Waals surface area contributed by atoms with E-state index in [4.69, 9.17) is 4.74 Å². The molecule has 1 aliphatic rings. The Kier molecular flexibility index (Phi) is 5.57. The molecular weight excluding hydrogens is 320 g/mol. The molecule has 1 aliphatic heterocycles. The van der Waals surface area contributed by atoms with Gasteiger partial charge < -0.3 is 15.4 Å². The fraction of sp³-hybridized carbons (Fsp3) is 0.533. The van der Waals surface area contributed by atoms with Crippen molar-refractivity contribution in [1.29, 1.82) is 0 Å². The summed E-state index contributed by atoms with van der Waals surface area (Å²) < 4.78 is 6.30. The number of ether oxygens (including phenoxy) is 1. The summed E-state index contributed by atoms with van der Waals surface area (Å²) >= 11 is 3.50. The van der Waals surface area contributed by atoms with Crippen molar-refractivity contribution in [2.75, 3.05) is 26.8 Å². The second-order valence-corrected chi connectivity index (χ2v) is 6.09. The van der Waals surface area contributed by atoms with Crippen molar-refractivity contribution >= 4 is 21.8 Å². The van der Waals surface area contributed by atoms with E-state index >= 15 is 0 Å². The van der Waals surface area contributed by atoms with Crippen LogP contribution in [0.5, 0.6) is 0 Å². The zero-order valence-electron chi connectivity index (χ0n) is 11.7. The molecule has 0 radical (unpaired) electrons. The van der Waals surface area contributed by atoms with E-state index in [1.807, 2.05) is 24.3 Å². The van der Waals surface area contributed by atoms with Gasteiger partial charge in [0.2, 0.25) is 5.91 Å². The van der Waals surface area contributed by atoms with Gasteiger partial charge in [-0.05, 0) is 37.6 Å². The highest BCUT2D eigenvalue weighted by Crippen LogP contribution is 2.29. The van der Waals surface area contributed by atoms with Gasteiger partial charge in [-0.3, -0.25) is 4.79 Å². The SMILES string of the molecule is COCC1(C(=O)NCc2ccccc2Br)CCNCC1. The van der Waals surface area contributed by atoms with Crippen LogP contribution in [-0.2, 0) is 16.1 Å². The van der Waals surface area contributed by atoms with Gasteiger partial charge in [0.1, 0.15) is 0 Å². The van der Waals surface area contributed by atoms with Crippen molar-refractivity contribution in [3.05, 3.63) is 34.3 Å². The number of methoxy groups -OCH3 is 1. The number of hydrogen-bond acceptors (Lipinski definition) is 3. The molecule has 1 aromatic carbocycles. The number of halogens is 1. The van der Waals surface area contributed by atoms with Crippen molar-refractivity contribution < 1.29 is 9.53 Å². The predicted octanol–water partition coefficient (Wildman–Crippen LogP) is 2.08. The van der Waals surface area contributed by atoms with E-state index in [0.717, 1.165) is 36.0 Å². The van der Waals surface area contributed by atoms with Gasteiger partial charge >= 0.3 is 0 Å². The smallest absolute Gasteiger partial charge is 0.228 e. The van der Waals surface area contributed by atoms with Crippen LogP contribution in [0.15, 0.2) is 28.7 Å². The van der Waals surface area contributed by atoms with E-state index in [2.05, 4.69) is 26.6 Å². The average molecular weight is 341 g/mol. The van der Waals surface area contributed by atoms with E-state index in [9.17, 15) is 4.79 Å². The van der Waals surface area contributed by atoms with E-state index < -0.39 is 0 Å². The summed E-state index contributed by atoms with van der Waals surface area (Å²) in [5.41, 5.74) is 0.698. The first-order valence-corrected chi connectivity index (χ1v) is 7.69. The van der Waals surface area contributed by atoms with Crippen molar-refractivity contribution in [1.82, 2.24) is 10.6 Å². The number of benzene rings is 1. The monoisotopic (exact) mass is 340 g/mol. The molecule has 1 amide bonds. The minimum absolute atomic E-state index is 0.0941. The fourth-order valence-corrected chi connectivity index (χ4v) is 3.05. The van der Waals surface area contributed by atoms with Gasteiger partial charge in [0, 0.05) is 18.1 Å². The molecule has 0 saturated carbocycles. The maximum absolute atomic E-state index is 12.6. The number of carbonyl (C=O) groups is 1. The minimum atomic E-state index is -0.388. The standard InChI is InChI=1S/C15H21BrN2O2/c1-20-11-15(6-8-17-9-7-15)14(19)18-10-12-4-2-3-5-13(12)16/h2-5,17H,6-11H2,1H3,(H,18,19). The van der Waals surface area contributed by atoms with Crippen LogP contribution >= 0.6 is 15.9 Å². The molecule has 4 nitrogen and oxygen atoms in total. The first-order valence-electron chi connectivity index (χ1n) is 6.89. The predicted molar refractivity (Wildman–Crippen MR) is 82.4 cm³/mol. The van der Waals surface area contributed by atoms with Crippen molar-refractivity contribution in [2.45, 2.75) is 19.4 Å². The first-order chi connectivity index (χ1) is 9.68. The fourth-order valence-electron chi connectivity index (χ4n) is 2.62. The highest BCUT2D eigenvalue weighted by atomic mass is 79.9. The van der Waals surface area contributed by atoms with E-state index in [1.165, 1.54) is 0 Å². The topological polar surface area (TPSA) is 50.4 Å². The zero-order chi connectivity index (χ0) is 14.4. The molecule has 0 aliphatic carbocycles. The summed E-state index contributed by atoms with van der Waals surface area (Å²) in [6.45, 7) is 2.76. The van der Waals surface area contributed by atoms with Crippen LogP contribution in [0.3, 0.4) is 0 Å². The van der Waals surface area contributed by atoms with Crippen molar-refractivity contribution in [2.24, 2.45) is 5.41 Å². The van der Waals surface area contributed by atoms with Gasteiger partial charge in [-0.2, -0.15) is 0 Å². The molecule has 0 aromatic heterocycles. The Bertz CT molecular complexity index is 453. The number of nitrogens with one attached hydrogen (secondary N) is 2. The summed E-state index contributed by atoms with van der Waals surface area (Å²) in [5.74, 6) is 0.0941. The van der Waals surface area contributed by atoms with Crippen LogP contribution in [0, 0.1) is 5.41 Å². The molecular formula is C15H21BrN2O2. The second kappa shape index (κ2) is 7.20. The molecule has 0 atom stereocenters. The molecule has 1 saturated heterocycles. The number of hydrogen-bond donors (Lipinski definition) is 2. The zero-order valence-corrected chi connectivity index (χ0v) is 13.3. The van der Waals surface area contributed by atoms with Gasteiger partial charge in [0.05, 0.1) is 12.0 Å². The number of carbonyl (C=O) groups excluding carboxylic acids is 1. The lowest BCUT2D eigenvalue weighted by molar-refractivity contribution is -0.136. The lowest BCUT2D eigenvalue weighted by Gasteiger charge is -2.35. The van der Waals surface area contributed by atoms with E-state index in [0.29, 0.717) is 13.2 Å². The third-order valence-corrected chi connectivity index (χ3v) is 4.63. The second-order valence-electron chi connectivity index (χ2n) is 5.24. The molecule has 1 heterocycles. The van der Waals surface area contributed by atoms with Crippen LogP contribution < -0.4 is 10.6 Å². The Hall–Kier alpha value is -0.910. The highest BCUT2D eigenvalue weighted by molar-refractivity contribution is 9.10. The molecule has 2 N–H and O–H groups in total. The number of piperidine rings is 1. The molecule has 20 heavy (non-hydrogen) atoms. The Labute approximate surface area is 128 Å². The molecule has 0 bridgehead atoms. The van der Waals surface area contributed by atoms with E-state index in [-0.39, 0.29) is 11.3 Å². The van der Waals surface area contributed by atoms with Crippen LogP contribution in [-0.4, -0.2) is 32.7 Å². The molecule has 110 valence electrons. The summed E-state index contributed by atoms with van der Waals surface area (Å²) in [6.07, 6.45) is 1.64. The molecule has 1 fully saturated rings. The highest BCUT2D eigenvalue weighted by Gasteiger charge is 2.39. The Morgan fingerprint density at radius 2 is 2.10 bits per heavy atom. The van der Waals surface area contributed by atoms with Crippen LogP contribution in [0.25, 0.3) is 0 Å². The van der Waals surface area contributed by atoms with Crippen LogP contribution in [0.1, 0.15) is 18.4 Å². The molecule has 2 rings (SSSR count). The van der Waals surface area contributed by atoms with Gasteiger partial charge in [-0.15, -0.1) is 0 Å². The summed E-state index contributed by atoms with van der Waals surface area (Å²) in [5, 5.41) is 6.35. The largest absolute Gasteiger partial charge is 0.384 e. The van der Waals surface area contributed by atoms with Gasteiger partial charge in [-0.25, -0.2) is 0 Å². The minimum Gasteiger partial charge on any atom is -0.384 e. The van der Waals surface area contributed by atoms with Crippen molar-refractivity contribution in [3.8, 4) is 0 Å². The number of amides is 1. The Balaban J connectivity index is 2.00. The molecule has 5 heteroatoms. The summed E-state index contributed by atoms with van der Waals surface area (Å²) in [7, 11) is 1.66. The van der Waals surface area contributed by atoms with Crippen LogP contribution in [0.4, 0.5) is 0 Å². The lowest BCUT2D eigenvalue weighted by atomic mass is 9.78. The average Bonchev–Trinajstić information content (AvgIpc) is 2.47. The van der Waals surface area contributed by atoms with Crippen molar-refractivity contribution in [3.63, 3.8) is 0 Å². The molecule has 1 aromatic rings. The first kappa shape index (κ1) is 15.5. The van der Waals surface area contributed by atoms with E-state index in [1.54, 1.807) is 7.11 Å². The number of rotatable bonds is 5. The maximum atomic E-state index is 12.6. The summed E-state index contributed by atoms with van der Waals surface area (Å²) in [4.78, 5) is 12.6. The molecule has 0 unspecified atom stereocenters.